The zero-order valence-corrected chi connectivity index (χ0v) is 35.4. The Kier molecular flexibility index (Phi) is 10.6. The summed E-state index contributed by atoms with van der Waals surface area (Å²) in [6, 6.07) is 19.3. The maximum atomic E-state index is 13.1. The van der Waals surface area contributed by atoms with Gasteiger partial charge in [0.25, 0.3) is 5.91 Å². The fourth-order valence-corrected chi connectivity index (χ4v) is 10.9. The Balaban J connectivity index is 0.747. The highest BCUT2D eigenvalue weighted by Crippen LogP contribution is 2.51. The smallest absolute Gasteiger partial charge is 0.272 e. The minimum Gasteiger partial charge on any atom is -0.493 e. The fourth-order valence-electron chi connectivity index (χ4n) is 9.47. The van der Waals surface area contributed by atoms with Crippen molar-refractivity contribution in [1.29, 1.82) is 5.26 Å². The van der Waals surface area contributed by atoms with E-state index in [1.165, 1.54) is 16.9 Å². The van der Waals surface area contributed by atoms with Crippen LogP contribution in [0.5, 0.6) is 11.5 Å². The number of aromatic nitrogens is 5. The highest BCUT2D eigenvalue weighted by molar-refractivity contribution is 7.15. The summed E-state index contributed by atoms with van der Waals surface area (Å²) in [7, 11) is 0. The number of rotatable bonds is 9. The number of carbonyl (C=O) groups is 1. The monoisotopic (exact) mass is 829 g/mol. The maximum absolute atomic E-state index is 13.1. The fraction of sp³-hybridized carbons (Fsp3) is 0.444. The van der Waals surface area contributed by atoms with Crippen LogP contribution in [0.2, 0.25) is 5.02 Å². The molecule has 3 fully saturated rings. The van der Waals surface area contributed by atoms with Crippen LogP contribution in [0.25, 0.3) is 5.00 Å². The molecule has 1 atom stereocenters. The molecule has 2 aliphatic heterocycles. The van der Waals surface area contributed by atoms with E-state index in [2.05, 4.69) is 86.3 Å². The van der Waals surface area contributed by atoms with Crippen molar-refractivity contribution in [2.75, 3.05) is 24.6 Å². The van der Waals surface area contributed by atoms with Crippen LogP contribution >= 0.6 is 22.9 Å². The number of hydrogen-bond donors (Lipinski definition) is 1. The summed E-state index contributed by atoms with van der Waals surface area (Å²) in [5.41, 5.74) is 5.49. The van der Waals surface area contributed by atoms with Crippen LogP contribution in [0.4, 0.5) is 5.82 Å². The standard InChI is InChI=1S/C45H48ClN9O3S/c1-26-28(3)59-44-40(26)41(48-27(2)42-53-50-29(4)55(42)44)31-6-11-34(12-7-31)57-24-30-21-45(22-30)18-5-19-54(25-45)39-17-16-38(51-52-39)43(56)49-33-9-14-35(15-10-33)58-36-13-8-32(23-47)37(46)20-36/h6-8,11-13,16-17,20,27,30,33,35H,5,9-10,14-15,18-19,21-22,24-25H2,1-4H3,(H,49,56)/t27-,30?,33-,35-,45?/m0/s1. The number of anilines is 1. The molecule has 14 heteroatoms. The quantitative estimate of drug-likeness (QED) is 0.154. The first-order chi connectivity index (χ1) is 28.6. The third kappa shape index (κ3) is 7.80. The molecule has 5 heterocycles. The molecule has 12 nitrogen and oxygen atoms in total. The second kappa shape index (κ2) is 16.0. The summed E-state index contributed by atoms with van der Waals surface area (Å²) in [4.78, 5) is 21.9. The lowest BCUT2D eigenvalue weighted by molar-refractivity contribution is 0.0113. The number of benzene rings is 2. The highest BCUT2D eigenvalue weighted by atomic mass is 35.5. The average Bonchev–Trinajstić information content (AvgIpc) is 3.72. The van der Waals surface area contributed by atoms with Crippen LogP contribution in [0.15, 0.2) is 59.6 Å². The number of amides is 1. The molecule has 4 aliphatic rings. The molecule has 0 unspecified atom stereocenters. The average molecular weight is 830 g/mol. The third-order valence-electron chi connectivity index (χ3n) is 12.7. The summed E-state index contributed by atoms with van der Waals surface area (Å²) in [5, 5.41) is 31.5. The first kappa shape index (κ1) is 39.2. The largest absolute Gasteiger partial charge is 0.493 e. The molecule has 1 N–H and O–H groups in total. The molecule has 1 amide bonds. The zero-order valence-electron chi connectivity index (χ0n) is 33.9. The first-order valence-corrected chi connectivity index (χ1v) is 21.9. The van der Waals surface area contributed by atoms with Crippen LogP contribution in [0, 0.1) is 43.4 Å². The predicted molar refractivity (Wildman–Crippen MR) is 228 cm³/mol. The molecular weight excluding hydrogens is 782 g/mol. The number of ether oxygens (including phenoxy) is 2. The van der Waals surface area contributed by atoms with E-state index in [0.717, 1.165) is 103 Å². The second-order valence-electron chi connectivity index (χ2n) is 16.8. The van der Waals surface area contributed by atoms with Crippen molar-refractivity contribution in [3.63, 3.8) is 0 Å². The summed E-state index contributed by atoms with van der Waals surface area (Å²) in [5.74, 6) is 4.41. The summed E-state index contributed by atoms with van der Waals surface area (Å²) < 4.78 is 14.7. The van der Waals surface area contributed by atoms with Gasteiger partial charge in [0.15, 0.2) is 17.3 Å². The zero-order chi connectivity index (χ0) is 40.8. The number of piperidine rings is 1. The summed E-state index contributed by atoms with van der Waals surface area (Å²) in [6.07, 6.45) is 7.82. The molecule has 0 radical (unpaired) electrons. The molecule has 0 bridgehead atoms. The van der Waals surface area contributed by atoms with Crippen LogP contribution in [-0.2, 0) is 0 Å². The molecule has 2 aliphatic carbocycles. The van der Waals surface area contributed by atoms with Gasteiger partial charge in [0.2, 0.25) is 0 Å². The Labute approximate surface area is 353 Å². The molecule has 5 aromatic rings. The molecule has 2 aromatic carbocycles. The van der Waals surface area contributed by atoms with E-state index in [1.54, 1.807) is 35.6 Å². The van der Waals surface area contributed by atoms with Crippen molar-refractivity contribution in [1.82, 2.24) is 30.3 Å². The molecule has 1 saturated heterocycles. The van der Waals surface area contributed by atoms with Crippen molar-refractivity contribution in [3.05, 3.63) is 104 Å². The highest BCUT2D eigenvalue weighted by Gasteiger charge is 2.47. The normalized spacial score (nSPS) is 23.6. The maximum Gasteiger partial charge on any atom is 0.272 e. The number of aliphatic imine (C=N–C) groups is 1. The minimum absolute atomic E-state index is 0.0351. The second-order valence-corrected chi connectivity index (χ2v) is 18.4. The molecule has 304 valence electrons. The lowest BCUT2D eigenvalue weighted by Gasteiger charge is -2.53. The van der Waals surface area contributed by atoms with Crippen molar-refractivity contribution in [3.8, 4) is 22.6 Å². The topological polar surface area (TPSA) is 143 Å². The van der Waals surface area contributed by atoms with E-state index >= 15 is 0 Å². The number of halogens is 1. The van der Waals surface area contributed by atoms with Gasteiger partial charge in [-0.3, -0.25) is 14.4 Å². The number of thiophene rings is 1. The Bertz CT molecular complexity index is 2440. The van der Waals surface area contributed by atoms with Gasteiger partial charge in [-0.15, -0.1) is 31.7 Å². The Morgan fingerprint density at radius 2 is 1.78 bits per heavy atom. The SMILES string of the molecule is Cc1sc2c(c1C)C(c1ccc(OCC3CC4(CCCN(c5ccc(C(=O)N[C@H]6CC[C@H](Oc7ccc(C#N)c(Cl)c7)CC6)nn5)C4)C3)cc1)=N[C@@H](C)c1nnc(C)n1-2. The van der Waals surface area contributed by atoms with Crippen LogP contribution < -0.4 is 19.7 Å². The van der Waals surface area contributed by atoms with Crippen molar-refractivity contribution in [2.24, 2.45) is 16.3 Å². The van der Waals surface area contributed by atoms with Gasteiger partial charge in [0.1, 0.15) is 34.4 Å². The van der Waals surface area contributed by atoms with Gasteiger partial charge >= 0.3 is 0 Å². The number of carbonyl (C=O) groups excluding carboxylic acids is 1. The van der Waals surface area contributed by atoms with E-state index in [0.29, 0.717) is 34.6 Å². The number of hydrogen-bond acceptors (Lipinski definition) is 11. The van der Waals surface area contributed by atoms with Crippen LogP contribution in [0.3, 0.4) is 0 Å². The minimum atomic E-state index is -0.199. The molecule has 1 spiro atoms. The van der Waals surface area contributed by atoms with Gasteiger partial charge in [-0.25, -0.2) is 0 Å². The van der Waals surface area contributed by atoms with Crippen LogP contribution in [0.1, 0.15) is 114 Å². The number of nitrogens with zero attached hydrogens (tertiary/aromatic N) is 8. The van der Waals surface area contributed by atoms with E-state index in [-0.39, 0.29) is 29.5 Å². The predicted octanol–water partition coefficient (Wildman–Crippen LogP) is 8.68. The van der Waals surface area contributed by atoms with Crippen molar-refractivity contribution < 1.29 is 14.3 Å². The van der Waals surface area contributed by atoms with Gasteiger partial charge in [-0.1, -0.05) is 11.6 Å². The Hall–Kier alpha value is -5.32. The van der Waals surface area contributed by atoms with Gasteiger partial charge in [0.05, 0.1) is 29.0 Å². The number of fused-ring (bicyclic) bond motifs is 3. The molecule has 59 heavy (non-hydrogen) atoms. The number of nitriles is 1. The number of nitrogens with one attached hydrogen (secondary N) is 1. The van der Waals surface area contributed by atoms with Crippen molar-refractivity contribution >= 4 is 40.4 Å². The van der Waals surface area contributed by atoms with Crippen molar-refractivity contribution in [2.45, 2.75) is 97.2 Å². The summed E-state index contributed by atoms with van der Waals surface area (Å²) >= 11 is 7.94. The van der Waals surface area contributed by atoms with Gasteiger partial charge in [-0.2, -0.15) is 5.26 Å². The van der Waals surface area contributed by atoms with Crippen LogP contribution in [-0.4, -0.2) is 68.4 Å². The molecular formula is C45H48ClN9O3S. The summed E-state index contributed by atoms with van der Waals surface area (Å²) in [6.45, 7) is 11.0. The van der Waals surface area contributed by atoms with Gasteiger partial charge < -0.3 is 19.7 Å². The Morgan fingerprint density at radius 3 is 2.51 bits per heavy atom. The lowest BCUT2D eigenvalue weighted by Crippen LogP contribution is -2.51. The number of aryl methyl sites for hydroxylation is 2. The van der Waals surface area contributed by atoms with Gasteiger partial charge in [0, 0.05) is 41.2 Å². The first-order valence-electron chi connectivity index (χ1n) is 20.7. The van der Waals surface area contributed by atoms with E-state index < -0.39 is 0 Å². The Morgan fingerprint density at radius 1 is 1.00 bits per heavy atom. The molecule has 3 aromatic heterocycles. The van der Waals surface area contributed by atoms with E-state index in [1.807, 2.05) is 13.0 Å². The van der Waals surface area contributed by atoms with E-state index in [9.17, 15) is 4.79 Å². The van der Waals surface area contributed by atoms with Gasteiger partial charge in [-0.05, 0) is 144 Å². The molecule has 2 saturated carbocycles. The van der Waals surface area contributed by atoms with E-state index in [4.69, 9.17) is 31.3 Å². The molecule has 9 rings (SSSR count). The lowest BCUT2D eigenvalue weighted by atomic mass is 9.58. The third-order valence-corrected chi connectivity index (χ3v) is 14.2.